The average molecular weight is 279 g/mol. The van der Waals surface area contributed by atoms with E-state index in [2.05, 4.69) is 9.88 Å². The lowest BCUT2D eigenvalue weighted by molar-refractivity contribution is 0.152. The van der Waals surface area contributed by atoms with Crippen LogP contribution >= 0.6 is 11.3 Å². The van der Waals surface area contributed by atoms with Crippen LogP contribution in [-0.2, 0) is 6.54 Å². The van der Waals surface area contributed by atoms with Crippen molar-refractivity contribution in [2.24, 2.45) is 0 Å². The van der Waals surface area contributed by atoms with E-state index in [1.807, 2.05) is 12.3 Å². The first-order valence-corrected chi connectivity index (χ1v) is 7.38. The molecular formula is C13H17N3O2S. The molecule has 102 valence electrons. The minimum absolute atomic E-state index is 0.0153. The number of nitrogens with zero attached hydrogens (tertiary/aromatic N) is 3. The molecular weight excluding hydrogens is 262 g/mol. The molecule has 1 aliphatic rings. The predicted octanol–water partition coefficient (Wildman–Crippen LogP) is 1.02. The Balaban J connectivity index is 1.91. The van der Waals surface area contributed by atoms with Crippen LogP contribution < -0.4 is 5.56 Å². The summed E-state index contributed by atoms with van der Waals surface area (Å²) in [4.78, 5) is 19.6. The number of aromatic nitrogens is 2. The molecule has 1 N–H and O–H groups in total. The summed E-state index contributed by atoms with van der Waals surface area (Å²) in [5.41, 5.74) is 1.71. The fraction of sp³-hybridized carbons (Fsp3) is 0.538. The van der Waals surface area contributed by atoms with Crippen molar-refractivity contribution < 1.29 is 5.11 Å². The van der Waals surface area contributed by atoms with E-state index >= 15 is 0 Å². The van der Waals surface area contributed by atoms with Crippen molar-refractivity contribution in [3.8, 4) is 0 Å². The molecule has 6 heteroatoms. The normalized spacial score (nSPS) is 20.4. The largest absolute Gasteiger partial charge is 0.395 e. The first-order valence-electron chi connectivity index (χ1n) is 6.50. The highest BCUT2D eigenvalue weighted by Crippen LogP contribution is 2.19. The van der Waals surface area contributed by atoms with Gasteiger partial charge in [-0.25, -0.2) is 4.98 Å². The minimum atomic E-state index is -0.0153. The van der Waals surface area contributed by atoms with Gasteiger partial charge in [-0.2, -0.15) is 0 Å². The molecule has 5 nitrogen and oxygen atoms in total. The molecule has 1 saturated heterocycles. The van der Waals surface area contributed by atoms with Gasteiger partial charge in [0.25, 0.3) is 5.56 Å². The third-order valence-corrected chi connectivity index (χ3v) is 4.65. The number of rotatable bonds is 3. The van der Waals surface area contributed by atoms with Gasteiger partial charge in [-0.3, -0.25) is 14.1 Å². The smallest absolute Gasteiger partial charge is 0.259 e. The summed E-state index contributed by atoms with van der Waals surface area (Å²) in [5.74, 6) is 0. The van der Waals surface area contributed by atoms with E-state index in [0.717, 1.165) is 35.7 Å². The first kappa shape index (κ1) is 12.8. The molecule has 1 aliphatic heterocycles. The van der Waals surface area contributed by atoms with Crippen LogP contribution in [-0.4, -0.2) is 38.6 Å². The molecule has 0 radical (unpaired) electrons. The minimum Gasteiger partial charge on any atom is -0.395 e. The van der Waals surface area contributed by atoms with Gasteiger partial charge in [0.2, 0.25) is 0 Å². The van der Waals surface area contributed by atoms with Gasteiger partial charge in [0.05, 0.1) is 12.3 Å². The number of aliphatic hydroxyl groups is 1. The molecule has 3 rings (SSSR count). The standard InChI is InChI=1S/C13H17N3O2S/c1-9-8-19-13-14-10(5-12(18)16(9)13)6-15-4-2-3-11(15)7-17/h5,8,11,17H,2-4,6-7H2,1H3/t11-/m1/s1. The van der Waals surface area contributed by atoms with Crippen molar-refractivity contribution in [3.05, 3.63) is 33.2 Å². The molecule has 0 unspecified atom stereocenters. The highest BCUT2D eigenvalue weighted by atomic mass is 32.1. The van der Waals surface area contributed by atoms with Gasteiger partial charge in [0.1, 0.15) is 0 Å². The van der Waals surface area contributed by atoms with Crippen molar-refractivity contribution in [1.29, 1.82) is 0 Å². The summed E-state index contributed by atoms with van der Waals surface area (Å²) >= 11 is 1.49. The topological polar surface area (TPSA) is 57.8 Å². The van der Waals surface area contributed by atoms with E-state index < -0.39 is 0 Å². The number of fused-ring (bicyclic) bond motifs is 1. The third kappa shape index (κ3) is 2.31. The van der Waals surface area contributed by atoms with Crippen LogP contribution in [0.3, 0.4) is 0 Å². The second-order valence-electron chi connectivity index (χ2n) is 5.03. The molecule has 19 heavy (non-hydrogen) atoms. The van der Waals surface area contributed by atoms with Gasteiger partial charge in [-0.05, 0) is 26.3 Å². The summed E-state index contributed by atoms with van der Waals surface area (Å²) in [6.07, 6.45) is 2.13. The summed E-state index contributed by atoms with van der Waals surface area (Å²) in [7, 11) is 0. The molecule has 0 bridgehead atoms. The molecule has 2 aromatic rings. The predicted molar refractivity (Wildman–Crippen MR) is 74.6 cm³/mol. The van der Waals surface area contributed by atoms with Crippen molar-refractivity contribution in [2.45, 2.75) is 32.4 Å². The Morgan fingerprint density at radius 3 is 3.21 bits per heavy atom. The maximum Gasteiger partial charge on any atom is 0.259 e. The molecule has 0 aromatic carbocycles. The van der Waals surface area contributed by atoms with Crippen LogP contribution in [0.15, 0.2) is 16.2 Å². The number of hydrogen-bond donors (Lipinski definition) is 1. The quantitative estimate of drug-likeness (QED) is 0.911. The van der Waals surface area contributed by atoms with Crippen LogP contribution in [0.2, 0.25) is 0 Å². The maximum absolute atomic E-state index is 12.1. The SMILES string of the molecule is Cc1csc2nc(CN3CCC[C@@H]3CO)cc(=O)n12. The zero-order valence-electron chi connectivity index (χ0n) is 10.9. The van der Waals surface area contributed by atoms with Crippen LogP contribution in [0, 0.1) is 6.92 Å². The lowest BCUT2D eigenvalue weighted by atomic mass is 10.2. The molecule has 0 saturated carbocycles. The van der Waals surface area contributed by atoms with E-state index in [1.165, 1.54) is 11.3 Å². The van der Waals surface area contributed by atoms with Crippen LogP contribution in [0.5, 0.6) is 0 Å². The van der Waals surface area contributed by atoms with Crippen LogP contribution in [0.4, 0.5) is 0 Å². The Morgan fingerprint density at radius 2 is 2.42 bits per heavy atom. The molecule has 1 atom stereocenters. The van der Waals surface area contributed by atoms with Crippen LogP contribution in [0.25, 0.3) is 4.96 Å². The lowest BCUT2D eigenvalue weighted by Gasteiger charge is -2.21. The van der Waals surface area contributed by atoms with Crippen molar-refractivity contribution >= 4 is 16.3 Å². The van der Waals surface area contributed by atoms with Crippen molar-refractivity contribution in [1.82, 2.24) is 14.3 Å². The number of thiazole rings is 1. The van der Waals surface area contributed by atoms with Crippen molar-refractivity contribution in [2.75, 3.05) is 13.2 Å². The van der Waals surface area contributed by atoms with Crippen molar-refractivity contribution in [3.63, 3.8) is 0 Å². The molecule has 0 amide bonds. The van der Waals surface area contributed by atoms with Gasteiger partial charge in [-0.15, -0.1) is 11.3 Å². The number of aryl methyl sites for hydroxylation is 1. The Morgan fingerprint density at radius 1 is 1.58 bits per heavy atom. The Kier molecular flexibility index (Phi) is 3.38. The van der Waals surface area contributed by atoms with Gasteiger partial charge >= 0.3 is 0 Å². The summed E-state index contributed by atoms with van der Waals surface area (Å²) in [6, 6.07) is 1.82. The molecule has 3 heterocycles. The Labute approximate surface area is 115 Å². The third-order valence-electron chi connectivity index (χ3n) is 3.70. The van der Waals surface area contributed by atoms with E-state index in [9.17, 15) is 9.90 Å². The van der Waals surface area contributed by atoms with Gasteiger partial charge in [-0.1, -0.05) is 0 Å². The Bertz CT molecular complexity index is 649. The maximum atomic E-state index is 12.1. The highest BCUT2D eigenvalue weighted by Gasteiger charge is 2.24. The van der Waals surface area contributed by atoms with Crippen LogP contribution in [0.1, 0.15) is 24.2 Å². The number of aliphatic hydroxyl groups excluding tert-OH is 1. The monoisotopic (exact) mass is 279 g/mol. The number of hydrogen-bond acceptors (Lipinski definition) is 5. The van der Waals surface area contributed by atoms with E-state index in [1.54, 1.807) is 10.5 Å². The van der Waals surface area contributed by atoms with Gasteiger partial charge in [0.15, 0.2) is 4.96 Å². The Hall–Kier alpha value is -1.24. The first-order chi connectivity index (χ1) is 9.19. The second-order valence-corrected chi connectivity index (χ2v) is 5.87. The zero-order valence-corrected chi connectivity index (χ0v) is 11.7. The molecule has 0 spiro atoms. The van der Waals surface area contributed by atoms with E-state index in [-0.39, 0.29) is 18.2 Å². The number of likely N-dealkylation sites (tertiary alicyclic amines) is 1. The average Bonchev–Trinajstić information content (AvgIpc) is 2.96. The molecule has 2 aromatic heterocycles. The van der Waals surface area contributed by atoms with Gasteiger partial charge in [0, 0.05) is 29.7 Å². The van der Waals surface area contributed by atoms with E-state index in [4.69, 9.17) is 0 Å². The summed E-state index contributed by atoms with van der Waals surface area (Å²) < 4.78 is 1.64. The molecule has 1 fully saturated rings. The fourth-order valence-corrected chi connectivity index (χ4v) is 3.59. The molecule has 0 aliphatic carbocycles. The zero-order chi connectivity index (χ0) is 13.4. The summed E-state index contributed by atoms with van der Waals surface area (Å²) in [6.45, 7) is 3.71. The van der Waals surface area contributed by atoms with E-state index in [0.29, 0.717) is 6.54 Å². The fourth-order valence-electron chi connectivity index (χ4n) is 2.70. The highest BCUT2D eigenvalue weighted by molar-refractivity contribution is 7.15. The van der Waals surface area contributed by atoms with Gasteiger partial charge < -0.3 is 5.11 Å². The summed E-state index contributed by atoms with van der Waals surface area (Å²) in [5, 5.41) is 11.3. The second kappa shape index (κ2) is 5.03. The lowest BCUT2D eigenvalue weighted by Crippen LogP contribution is -2.32.